The molecule has 0 unspecified atom stereocenters. The van der Waals surface area contributed by atoms with E-state index in [2.05, 4.69) is 15.3 Å². The average Bonchev–Trinajstić information content (AvgIpc) is 3.14. The van der Waals surface area contributed by atoms with E-state index < -0.39 is 6.03 Å². The van der Waals surface area contributed by atoms with Gasteiger partial charge in [-0.1, -0.05) is 0 Å². The Morgan fingerprint density at radius 3 is 2.92 bits per heavy atom. The third-order valence-electron chi connectivity index (χ3n) is 5.38. The van der Waals surface area contributed by atoms with Crippen LogP contribution in [0.5, 0.6) is 0 Å². The van der Waals surface area contributed by atoms with Crippen molar-refractivity contribution < 1.29 is 14.4 Å². The second-order valence-corrected chi connectivity index (χ2v) is 7.28. The van der Waals surface area contributed by atoms with Gasteiger partial charge in [0.2, 0.25) is 11.8 Å². The van der Waals surface area contributed by atoms with E-state index in [-0.39, 0.29) is 23.8 Å². The Morgan fingerprint density at radius 1 is 1.35 bits per heavy atom. The molecular weight excluding hydrogens is 336 g/mol. The number of piperidine rings is 2. The van der Waals surface area contributed by atoms with E-state index in [9.17, 15) is 14.4 Å². The molecular formula is C17H26N6O3. The Labute approximate surface area is 152 Å². The summed E-state index contributed by atoms with van der Waals surface area (Å²) >= 11 is 0. The number of carbonyl (C=O) groups is 3. The molecule has 2 fully saturated rings. The van der Waals surface area contributed by atoms with Crippen LogP contribution in [0.25, 0.3) is 0 Å². The molecule has 2 aliphatic heterocycles. The summed E-state index contributed by atoms with van der Waals surface area (Å²) in [6.45, 7) is 2.56. The molecule has 4 N–H and O–H groups in total. The lowest BCUT2D eigenvalue weighted by Crippen LogP contribution is -2.56. The van der Waals surface area contributed by atoms with Gasteiger partial charge >= 0.3 is 6.03 Å². The van der Waals surface area contributed by atoms with Crippen LogP contribution in [0.1, 0.15) is 31.4 Å². The quantitative estimate of drug-likeness (QED) is 0.674. The predicted octanol–water partition coefficient (Wildman–Crippen LogP) is -0.148. The molecule has 26 heavy (non-hydrogen) atoms. The first-order valence-corrected chi connectivity index (χ1v) is 9.04. The number of hydrogen-bond acceptors (Lipinski definition) is 4. The number of rotatable bonds is 5. The van der Waals surface area contributed by atoms with E-state index in [4.69, 9.17) is 5.73 Å². The summed E-state index contributed by atoms with van der Waals surface area (Å²) in [4.78, 5) is 46.2. The van der Waals surface area contributed by atoms with Gasteiger partial charge in [0.15, 0.2) is 0 Å². The smallest absolute Gasteiger partial charge is 0.312 e. The molecule has 0 bridgehead atoms. The van der Waals surface area contributed by atoms with Gasteiger partial charge in [0.25, 0.3) is 0 Å². The molecule has 4 amide bonds. The number of nitrogens with two attached hydrogens (primary N) is 1. The Hall–Kier alpha value is -2.58. The molecule has 0 aromatic carbocycles. The molecule has 0 radical (unpaired) electrons. The minimum Gasteiger partial charge on any atom is -0.352 e. The van der Waals surface area contributed by atoms with E-state index in [1.54, 1.807) is 17.4 Å². The van der Waals surface area contributed by atoms with Gasteiger partial charge in [-0.3, -0.25) is 9.59 Å². The van der Waals surface area contributed by atoms with E-state index in [0.29, 0.717) is 32.6 Å². The van der Waals surface area contributed by atoms with Crippen LogP contribution in [0.2, 0.25) is 0 Å². The van der Waals surface area contributed by atoms with E-state index in [1.165, 1.54) is 0 Å². The number of nitrogens with one attached hydrogen (secondary N) is 2. The van der Waals surface area contributed by atoms with Crippen LogP contribution in [-0.2, 0) is 16.0 Å². The number of nitrogens with zero attached hydrogens (tertiary/aromatic N) is 3. The Balaban J connectivity index is 1.59. The molecule has 3 rings (SSSR count). The molecule has 1 aromatic heterocycles. The highest BCUT2D eigenvalue weighted by Gasteiger charge is 2.42. The van der Waals surface area contributed by atoms with Gasteiger partial charge in [-0.25, -0.2) is 9.78 Å². The monoisotopic (exact) mass is 362 g/mol. The zero-order valence-corrected chi connectivity index (χ0v) is 14.9. The number of aromatic amines is 1. The van der Waals surface area contributed by atoms with Crippen molar-refractivity contribution in [3.8, 4) is 0 Å². The summed E-state index contributed by atoms with van der Waals surface area (Å²) in [6, 6.07) is -0.696. The van der Waals surface area contributed by atoms with E-state index >= 15 is 0 Å². The molecule has 0 aliphatic carbocycles. The van der Waals surface area contributed by atoms with Crippen LogP contribution in [0.4, 0.5) is 4.79 Å². The van der Waals surface area contributed by atoms with Crippen LogP contribution in [0.3, 0.4) is 0 Å². The highest BCUT2D eigenvalue weighted by Crippen LogP contribution is 2.38. The van der Waals surface area contributed by atoms with Crippen LogP contribution >= 0.6 is 0 Å². The fourth-order valence-corrected chi connectivity index (χ4v) is 4.01. The highest BCUT2D eigenvalue weighted by molar-refractivity contribution is 5.83. The number of H-pyrrole nitrogens is 1. The van der Waals surface area contributed by atoms with Gasteiger partial charge in [-0.15, -0.1) is 0 Å². The minimum absolute atomic E-state index is 0.0530. The molecule has 2 saturated heterocycles. The van der Waals surface area contributed by atoms with Gasteiger partial charge in [-0.2, -0.15) is 0 Å². The average molecular weight is 362 g/mol. The van der Waals surface area contributed by atoms with Gasteiger partial charge < -0.3 is 25.8 Å². The zero-order valence-electron chi connectivity index (χ0n) is 14.9. The lowest BCUT2D eigenvalue weighted by atomic mass is 9.73. The molecule has 9 heteroatoms. The number of imidazole rings is 1. The van der Waals surface area contributed by atoms with Crippen molar-refractivity contribution in [3.63, 3.8) is 0 Å². The maximum atomic E-state index is 12.3. The van der Waals surface area contributed by atoms with Crippen molar-refractivity contribution in [2.45, 2.75) is 32.1 Å². The first-order valence-electron chi connectivity index (χ1n) is 9.04. The first-order chi connectivity index (χ1) is 12.5. The maximum Gasteiger partial charge on any atom is 0.312 e. The zero-order chi connectivity index (χ0) is 18.6. The molecule has 9 nitrogen and oxygen atoms in total. The number of amides is 4. The van der Waals surface area contributed by atoms with Gasteiger partial charge in [0, 0.05) is 56.3 Å². The summed E-state index contributed by atoms with van der Waals surface area (Å²) in [5.74, 6) is 0.0535. The standard InChI is InChI=1S/C17H26N6O3/c18-16(26)20-9-15(25)22-6-1-4-17(10-22)5-2-14(24)23(11-17)7-3-13-8-19-12-21-13/h8,12H,1-7,9-11H2,(H,19,21)(H3,18,20,26)/t17-/m1/s1. The highest BCUT2D eigenvalue weighted by atomic mass is 16.2. The van der Waals surface area contributed by atoms with Gasteiger partial charge in [0.05, 0.1) is 12.9 Å². The molecule has 0 saturated carbocycles. The van der Waals surface area contributed by atoms with Crippen LogP contribution in [0, 0.1) is 5.41 Å². The van der Waals surface area contributed by atoms with Gasteiger partial charge in [0.1, 0.15) is 0 Å². The van der Waals surface area contributed by atoms with Crippen molar-refractivity contribution in [1.29, 1.82) is 0 Å². The molecule has 3 heterocycles. The fraction of sp³-hybridized carbons (Fsp3) is 0.647. The third kappa shape index (κ3) is 4.33. The summed E-state index contributed by atoms with van der Waals surface area (Å²) in [7, 11) is 0. The van der Waals surface area contributed by atoms with Crippen molar-refractivity contribution in [2.24, 2.45) is 11.1 Å². The van der Waals surface area contributed by atoms with Crippen molar-refractivity contribution >= 4 is 17.8 Å². The van der Waals surface area contributed by atoms with Crippen LogP contribution in [-0.4, -0.2) is 70.3 Å². The Kier molecular flexibility index (Phi) is 5.43. The number of aromatic nitrogens is 2. The number of primary amides is 1. The van der Waals surface area contributed by atoms with Crippen LogP contribution in [0.15, 0.2) is 12.5 Å². The number of likely N-dealkylation sites (tertiary alicyclic amines) is 2. The van der Waals surface area contributed by atoms with E-state index in [1.807, 2.05) is 4.90 Å². The Bertz CT molecular complexity index is 661. The molecule has 1 atom stereocenters. The van der Waals surface area contributed by atoms with Crippen molar-refractivity contribution in [2.75, 3.05) is 32.7 Å². The minimum atomic E-state index is -0.696. The molecule has 2 aliphatic rings. The number of carbonyl (C=O) groups excluding carboxylic acids is 3. The van der Waals surface area contributed by atoms with E-state index in [0.717, 1.165) is 31.4 Å². The molecule has 1 aromatic rings. The maximum absolute atomic E-state index is 12.3. The second kappa shape index (κ2) is 7.76. The normalized spacial score (nSPS) is 23.3. The molecule has 1 spiro atoms. The number of hydrogen-bond donors (Lipinski definition) is 3. The third-order valence-corrected chi connectivity index (χ3v) is 5.38. The topological polar surface area (TPSA) is 124 Å². The van der Waals surface area contributed by atoms with Crippen LogP contribution < -0.4 is 11.1 Å². The largest absolute Gasteiger partial charge is 0.352 e. The molecule has 142 valence electrons. The summed E-state index contributed by atoms with van der Waals surface area (Å²) in [5.41, 5.74) is 6.00. The van der Waals surface area contributed by atoms with Crippen molar-refractivity contribution in [1.82, 2.24) is 25.1 Å². The predicted molar refractivity (Wildman–Crippen MR) is 93.9 cm³/mol. The fourth-order valence-electron chi connectivity index (χ4n) is 4.01. The summed E-state index contributed by atoms with van der Waals surface area (Å²) < 4.78 is 0. The Morgan fingerprint density at radius 2 is 2.19 bits per heavy atom. The number of urea groups is 1. The first kappa shape index (κ1) is 18.2. The van der Waals surface area contributed by atoms with Crippen molar-refractivity contribution in [3.05, 3.63) is 18.2 Å². The SMILES string of the molecule is NC(=O)NCC(=O)N1CCC[C@@]2(CCC(=O)N(CCc3cnc[nH]3)C2)C1. The lowest BCUT2D eigenvalue weighted by Gasteiger charge is -2.48. The summed E-state index contributed by atoms with van der Waals surface area (Å²) in [6.07, 6.45) is 7.40. The second-order valence-electron chi connectivity index (χ2n) is 7.28. The van der Waals surface area contributed by atoms with Gasteiger partial charge in [-0.05, 0) is 19.3 Å². The lowest BCUT2D eigenvalue weighted by molar-refractivity contribution is -0.142. The summed E-state index contributed by atoms with van der Waals surface area (Å²) in [5, 5.41) is 2.36.